The van der Waals surface area contributed by atoms with Gasteiger partial charge in [-0.05, 0) is 41.8 Å². The van der Waals surface area contributed by atoms with E-state index in [4.69, 9.17) is 16.3 Å². The minimum Gasteiger partial charge on any atom is -0.497 e. The lowest BCUT2D eigenvalue weighted by Crippen LogP contribution is -2.27. The van der Waals surface area contributed by atoms with Crippen LogP contribution in [-0.4, -0.2) is 17.1 Å². The number of halogens is 1. The van der Waals surface area contributed by atoms with E-state index in [-0.39, 0.29) is 11.6 Å². The molecule has 2 aromatic carbocycles. The number of aromatic amines is 1. The van der Waals surface area contributed by atoms with E-state index in [1.165, 1.54) is 0 Å². The number of benzene rings is 2. The molecule has 5 nitrogen and oxygen atoms in total. The summed E-state index contributed by atoms with van der Waals surface area (Å²) in [4.78, 5) is 19.6. The number of rotatable bonds is 6. The molecule has 0 saturated carbocycles. The van der Waals surface area contributed by atoms with Crippen molar-refractivity contribution in [2.24, 2.45) is 5.92 Å². The van der Waals surface area contributed by atoms with Crippen LogP contribution in [0.25, 0.3) is 10.9 Å². The van der Waals surface area contributed by atoms with E-state index >= 15 is 0 Å². The second-order valence-corrected chi connectivity index (χ2v) is 6.99. The Balaban J connectivity index is 1.82. The molecule has 0 saturated heterocycles. The zero-order valence-electron chi connectivity index (χ0n) is 15.0. The zero-order chi connectivity index (χ0) is 18.7. The van der Waals surface area contributed by atoms with Crippen molar-refractivity contribution in [2.75, 3.05) is 7.11 Å². The molecule has 1 aromatic heterocycles. The number of H-pyrrole nitrogens is 1. The first-order valence-electron chi connectivity index (χ1n) is 8.53. The summed E-state index contributed by atoms with van der Waals surface area (Å²) < 4.78 is 5.22. The average Bonchev–Trinajstić information content (AvgIpc) is 2.61. The third-order valence-electron chi connectivity index (χ3n) is 4.35. The van der Waals surface area contributed by atoms with Crippen LogP contribution in [0.2, 0.25) is 5.02 Å². The van der Waals surface area contributed by atoms with Gasteiger partial charge in [-0.3, -0.25) is 4.79 Å². The molecule has 0 aliphatic rings. The number of aromatic nitrogens is 2. The predicted molar refractivity (Wildman–Crippen MR) is 105 cm³/mol. The van der Waals surface area contributed by atoms with Gasteiger partial charge in [0.15, 0.2) is 0 Å². The molecule has 6 heteroatoms. The molecule has 0 fully saturated rings. The molecule has 0 bridgehead atoms. The molecule has 0 unspecified atom stereocenters. The lowest BCUT2D eigenvalue weighted by molar-refractivity contribution is 0.401. The highest BCUT2D eigenvalue weighted by atomic mass is 35.5. The Bertz CT molecular complexity index is 951. The van der Waals surface area contributed by atoms with E-state index < -0.39 is 0 Å². The Kier molecular flexibility index (Phi) is 5.59. The second kappa shape index (κ2) is 7.89. The number of hydrogen-bond acceptors (Lipinski definition) is 4. The molecule has 0 spiro atoms. The average molecular weight is 372 g/mol. The van der Waals surface area contributed by atoms with Gasteiger partial charge < -0.3 is 15.0 Å². The molecule has 0 radical (unpaired) electrons. The van der Waals surface area contributed by atoms with Crippen LogP contribution in [0, 0.1) is 5.92 Å². The molecule has 136 valence electrons. The Morgan fingerprint density at radius 3 is 2.58 bits per heavy atom. The van der Waals surface area contributed by atoms with Crippen molar-refractivity contribution < 1.29 is 4.74 Å². The molecule has 3 rings (SSSR count). The van der Waals surface area contributed by atoms with Crippen molar-refractivity contribution in [2.45, 2.75) is 26.4 Å². The summed E-state index contributed by atoms with van der Waals surface area (Å²) in [6.45, 7) is 4.75. The Labute approximate surface area is 157 Å². The number of nitrogens with zero attached hydrogens (tertiary/aromatic N) is 1. The van der Waals surface area contributed by atoms with Crippen LogP contribution in [0.4, 0.5) is 0 Å². The Morgan fingerprint density at radius 1 is 1.19 bits per heavy atom. The van der Waals surface area contributed by atoms with Gasteiger partial charge in [0.1, 0.15) is 11.6 Å². The van der Waals surface area contributed by atoms with Gasteiger partial charge in [0.05, 0.1) is 24.6 Å². The topological polar surface area (TPSA) is 67.0 Å². The summed E-state index contributed by atoms with van der Waals surface area (Å²) in [6, 6.07) is 13.2. The van der Waals surface area contributed by atoms with E-state index in [1.54, 1.807) is 25.3 Å². The minimum absolute atomic E-state index is 0.126. The SMILES string of the molecule is COc1ccc([C@H](NCc2nc3cc(Cl)ccc3c(=O)[nH]2)C(C)C)cc1. The quantitative estimate of drug-likeness (QED) is 0.685. The summed E-state index contributed by atoms with van der Waals surface area (Å²) in [5.41, 5.74) is 1.60. The Hall–Kier alpha value is -2.37. The third kappa shape index (κ3) is 4.06. The molecular formula is C20H22ClN3O2. The molecule has 0 aliphatic carbocycles. The smallest absolute Gasteiger partial charge is 0.258 e. The number of fused-ring (bicyclic) bond motifs is 1. The maximum absolute atomic E-state index is 12.2. The normalized spacial score (nSPS) is 12.5. The maximum atomic E-state index is 12.2. The van der Waals surface area contributed by atoms with E-state index in [9.17, 15) is 4.79 Å². The fourth-order valence-corrected chi connectivity index (χ4v) is 3.17. The van der Waals surface area contributed by atoms with E-state index in [0.29, 0.717) is 34.2 Å². The molecule has 2 N–H and O–H groups in total. The molecule has 26 heavy (non-hydrogen) atoms. The van der Waals surface area contributed by atoms with Gasteiger partial charge in [-0.2, -0.15) is 0 Å². The summed E-state index contributed by atoms with van der Waals surface area (Å²) >= 11 is 6.02. The minimum atomic E-state index is -0.158. The van der Waals surface area contributed by atoms with Crippen LogP contribution in [0.15, 0.2) is 47.3 Å². The third-order valence-corrected chi connectivity index (χ3v) is 4.58. The number of methoxy groups -OCH3 is 1. The molecular weight excluding hydrogens is 350 g/mol. The molecule has 1 atom stereocenters. The number of ether oxygens (including phenoxy) is 1. The fraction of sp³-hybridized carbons (Fsp3) is 0.300. The van der Waals surface area contributed by atoms with Crippen molar-refractivity contribution in [1.29, 1.82) is 0 Å². The summed E-state index contributed by atoms with van der Waals surface area (Å²) in [7, 11) is 1.65. The van der Waals surface area contributed by atoms with Crippen LogP contribution in [0.5, 0.6) is 5.75 Å². The summed E-state index contributed by atoms with van der Waals surface area (Å²) in [6.07, 6.45) is 0. The van der Waals surface area contributed by atoms with Crippen LogP contribution in [0.3, 0.4) is 0 Å². The number of hydrogen-bond donors (Lipinski definition) is 2. The van der Waals surface area contributed by atoms with Gasteiger partial charge in [-0.15, -0.1) is 0 Å². The first kappa shape index (κ1) is 18.4. The monoisotopic (exact) mass is 371 g/mol. The summed E-state index contributed by atoms with van der Waals surface area (Å²) in [5, 5.41) is 4.59. The van der Waals surface area contributed by atoms with Crippen molar-refractivity contribution in [3.05, 3.63) is 69.2 Å². The van der Waals surface area contributed by atoms with Crippen LogP contribution >= 0.6 is 11.6 Å². The van der Waals surface area contributed by atoms with Crippen molar-refractivity contribution in [1.82, 2.24) is 15.3 Å². The first-order chi connectivity index (χ1) is 12.5. The zero-order valence-corrected chi connectivity index (χ0v) is 15.8. The fourth-order valence-electron chi connectivity index (χ4n) is 3.00. The van der Waals surface area contributed by atoms with Gasteiger partial charge >= 0.3 is 0 Å². The molecule has 0 aliphatic heterocycles. The second-order valence-electron chi connectivity index (χ2n) is 6.55. The van der Waals surface area contributed by atoms with Crippen LogP contribution in [-0.2, 0) is 6.54 Å². The highest BCUT2D eigenvalue weighted by Gasteiger charge is 2.16. The van der Waals surface area contributed by atoms with Gasteiger partial charge in [0.2, 0.25) is 0 Å². The molecule has 0 amide bonds. The van der Waals surface area contributed by atoms with Crippen LogP contribution in [0.1, 0.15) is 31.3 Å². The molecule has 1 heterocycles. The largest absolute Gasteiger partial charge is 0.497 e. The number of nitrogens with one attached hydrogen (secondary N) is 2. The predicted octanol–water partition coefficient (Wildman–Crippen LogP) is 4.07. The van der Waals surface area contributed by atoms with E-state index in [0.717, 1.165) is 11.3 Å². The van der Waals surface area contributed by atoms with Gasteiger partial charge in [-0.1, -0.05) is 37.6 Å². The van der Waals surface area contributed by atoms with Crippen molar-refractivity contribution in [3.63, 3.8) is 0 Å². The standard InChI is InChI=1S/C20H22ClN3O2/c1-12(2)19(13-4-7-15(26-3)8-5-13)22-11-18-23-17-10-14(21)6-9-16(17)20(25)24-18/h4-10,12,19,22H,11H2,1-3H3,(H,23,24,25)/t19-/m1/s1. The van der Waals surface area contributed by atoms with Gasteiger partial charge in [0.25, 0.3) is 5.56 Å². The maximum Gasteiger partial charge on any atom is 0.258 e. The van der Waals surface area contributed by atoms with Gasteiger partial charge in [-0.25, -0.2) is 4.98 Å². The van der Waals surface area contributed by atoms with Gasteiger partial charge in [0, 0.05) is 11.1 Å². The highest BCUT2D eigenvalue weighted by molar-refractivity contribution is 6.31. The Morgan fingerprint density at radius 2 is 1.92 bits per heavy atom. The van der Waals surface area contributed by atoms with E-state index in [2.05, 4.69) is 29.1 Å². The van der Waals surface area contributed by atoms with Crippen molar-refractivity contribution >= 4 is 22.5 Å². The first-order valence-corrected chi connectivity index (χ1v) is 8.91. The summed E-state index contributed by atoms with van der Waals surface area (Å²) in [5.74, 6) is 1.78. The lowest BCUT2D eigenvalue weighted by Gasteiger charge is -2.23. The lowest BCUT2D eigenvalue weighted by atomic mass is 9.96. The molecule has 3 aromatic rings. The van der Waals surface area contributed by atoms with Crippen LogP contribution < -0.4 is 15.6 Å². The van der Waals surface area contributed by atoms with Crippen molar-refractivity contribution in [3.8, 4) is 5.75 Å². The highest BCUT2D eigenvalue weighted by Crippen LogP contribution is 2.24. The van der Waals surface area contributed by atoms with E-state index in [1.807, 2.05) is 24.3 Å².